The van der Waals surface area contributed by atoms with Gasteiger partial charge in [-0.25, -0.2) is 9.38 Å². The van der Waals surface area contributed by atoms with Crippen LogP contribution in [-0.4, -0.2) is 33.8 Å². The molecule has 2 aromatic heterocycles. The molecule has 0 bridgehead atoms. The van der Waals surface area contributed by atoms with Crippen molar-refractivity contribution in [3.63, 3.8) is 0 Å². The van der Waals surface area contributed by atoms with Gasteiger partial charge in [0.05, 0.1) is 19.7 Å². The molecule has 2 heterocycles. The van der Waals surface area contributed by atoms with E-state index in [0.29, 0.717) is 17.4 Å². The van der Waals surface area contributed by atoms with Crippen LogP contribution in [0, 0.1) is 6.92 Å². The molecule has 25 heavy (non-hydrogen) atoms. The van der Waals surface area contributed by atoms with E-state index in [0.717, 1.165) is 28.1 Å². The lowest BCUT2D eigenvalue weighted by Gasteiger charge is -2.13. The van der Waals surface area contributed by atoms with E-state index in [1.165, 1.54) is 0 Å². The molecule has 0 radical (unpaired) electrons. The lowest BCUT2D eigenvalue weighted by Crippen LogP contribution is -2.04. The van der Waals surface area contributed by atoms with Gasteiger partial charge in [-0.15, -0.1) is 10.2 Å². The molecule has 0 fully saturated rings. The zero-order valence-electron chi connectivity index (χ0n) is 14.1. The minimum atomic E-state index is 0.642. The van der Waals surface area contributed by atoms with Gasteiger partial charge < -0.3 is 14.8 Å². The summed E-state index contributed by atoms with van der Waals surface area (Å²) in [6.07, 6.45) is 0. The number of rotatable bonds is 4. The molecule has 0 spiro atoms. The van der Waals surface area contributed by atoms with Gasteiger partial charge >= 0.3 is 0 Å². The number of hydrogen-bond acceptors (Lipinski definition) is 6. The first-order chi connectivity index (χ1) is 12.2. The molecule has 7 heteroatoms. The standard InChI is InChI=1S/C18H17N5O2/c1-11-21-22-17-13-6-4-5-7-14(13)20-18(23(11)17)19-12-8-9-15(24-2)16(10-12)25-3/h4-10H,1-3H3,(H,19,20). The third kappa shape index (κ3) is 2.50. The Kier molecular flexibility index (Phi) is 3.61. The van der Waals surface area contributed by atoms with Crippen molar-refractivity contribution >= 4 is 28.2 Å². The number of anilines is 2. The number of aryl methyl sites for hydroxylation is 1. The summed E-state index contributed by atoms with van der Waals surface area (Å²) < 4.78 is 12.5. The Bertz CT molecular complexity index is 1070. The van der Waals surface area contributed by atoms with E-state index in [-0.39, 0.29) is 0 Å². The van der Waals surface area contributed by atoms with Crippen molar-refractivity contribution in [1.82, 2.24) is 19.6 Å². The van der Waals surface area contributed by atoms with Gasteiger partial charge in [0.1, 0.15) is 5.82 Å². The van der Waals surface area contributed by atoms with Crippen molar-refractivity contribution < 1.29 is 9.47 Å². The molecule has 4 rings (SSSR count). The molecular weight excluding hydrogens is 318 g/mol. The summed E-state index contributed by atoms with van der Waals surface area (Å²) in [7, 11) is 3.22. The average Bonchev–Trinajstić information content (AvgIpc) is 3.04. The van der Waals surface area contributed by atoms with E-state index in [9.17, 15) is 0 Å². The highest BCUT2D eigenvalue weighted by Crippen LogP contribution is 2.31. The van der Waals surface area contributed by atoms with Crippen molar-refractivity contribution in [3.05, 3.63) is 48.3 Å². The molecule has 0 atom stereocenters. The summed E-state index contributed by atoms with van der Waals surface area (Å²) >= 11 is 0. The van der Waals surface area contributed by atoms with Crippen molar-refractivity contribution in [3.8, 4) is 11.5 Å². The maximum absolute atomic E-state index is 5.36. The maximum Gasteiger partial charge on any atom is 0.215 e. The van der Waals surface area contributed by atoms with E-state index >= 15 is 0 Å². The Hall–Kier alpha value is -3.35. The van der Waals surface area contributed by atoms with E-state index in [1.807, 2.05) is 53.8 Å². The second-order valence-corrected chi connectivity index (χ2v) is 5.55. The van der Waals surface area contributed by atoms with Crippen LogP contribution in [0.25, 0.3) is 16.6 Å². The Balaban J connectivity index is 1.87. The summed E-state index contributed by atoms with van der Waals surface area (Å²) in [5, 5.41) is 12.8. The predicted octanol–water partition coefficient (Wildman–Crippen LogP) is 3.35. The van der Waals surface area contributed by atoms with E-state index < -0.39 is 0 Å². The molecular formula is C18H17N5O2. The highest BCUT2D eigenvalue weighted by Gasteiger charge is 2.13. The van der Waals surface area contributed by atoms with Crippen LogP contribution in [0.15, 0.2) is 42.5 Å². The summed E-state index contributed by atoms with van der Waals surface area (Å²) in [6, 6.07) is 13.5. The monoisotopic (exact) mass is 335 g/mol. The third-order valence-corrected chi connectivity index (χ3v) is 4.05. The number of benzene rings is 2. The molecule has 0 saturated carbocycles. The van der Waals surface area contributed by atoms with E-state index in [4.69, 9.17) is 14.5 Å². The number of fused-ring (bicyclic) bond motifs is 3. The SMILES string of the molecule is COc1ccc(Nc2nc3ccccc3c3nnc(C)n23)cc1OC. The van der Waals surface area contributed by atoms with Crippen molar-refractivity contribution in [1.29, 1.82) is 0 Å². The number of nitrogens with one attached hydrogen (secondary N) is 1. The molecule has 0 amide bonds. The highest BCUT2D eigenvalue weighted by atomic mass is 16.5. The highest BCUT2D eigenvalue weighted by molar-refractivity contribution is 5.92. The Labute approximate surface area is 144 Å². The number of aromatic nitrogens is 4. The zero-order valence-corrected chi connectivity index (χ0v) is 14.1. The summed E-state index contributed by atoms with van der Waals surface area (Å²) in [4.78, 5) is 4.73. The Morgan fingerprint density at radius 2 is 1.76 bits per heavy atom. The van der Waals surface area contributed by atoms with Crippen LogP contribution in [0.1, 0.15) is 5.82 Å². The quantitative estimate of drug-likeness (QED) is 0.616. The molecule has 0 aliphatic heterocycles. The average molecular weight is 335 g/mol. The van der Waals surface area contributed by atoms with Gasteiger partial charge in [0, 0.05) is 17.1 Å². The first-order valence-electron chi connectivity index (χ1n) is 7.81. The van der Waals surface area contributed by atoms with Crippen LogP contribution in [0.3, 0.4) is 0 Å². The van der Waals surface area contributed by atoms with E-state index in [2.05, 4.69) is 15.5 Å². The Morgan fingerprint density at radius 3 is 2.56 bits per heavy atom. The molecule has 0 saturated heterocycles. The van der Waals surface area contributed by atoms with Gasteiger partial charge in [0.25, 0.3) is 0 Å². The summed E-state index contributed by atoms with van der Waals surface area (Å²) in [5.41, 5.74) is 2.45. The summed E-state index contributed by atoms with van der Waals surface area (Å²) in [5.74, 6) is 2.72. The largest absolute Gasteiger partial charge is 0.493 e. The number of nitrogens with zero attached hydrogens (tertiary/aromatic N) is 4. The first kappa shape index (κ1) is 15.2. The fourth-order valence-corrected chi connectivity index (χ4v) is 2.84. The number of para-hydroxylation sites is 1. The second-order valence-electron chi connectivity index (χ2n) is 5.55. The molecule has 4 aromatic rings. The second kappa shape index (κ2) is 5.94. The van der Waals surface area contributed by atoms with Crippen LogP contribution < -0.4 is 14.8 Å². The van der Waals surface area contributed by atoms with Gasteiger partial charge in [0.15, 0.2) is 17.1 Å². The molecule has 0 aliphatic carbocycles. The van der Waals surface area contributed by atoms with Crippen molar-refractivity contribution in [2.24, 2.45) is 0 Å². The normalized spacial score (nSPS) is 11.0. The number of ether oxygens (including phenoxy) is 2. The molecule has 7 nitrogen and oxygen atoms in total. The number of hydrogen-bond donors (Lipinski definition) is 1. The van der Waals surface area contributed by atoms with Crippen LogP contribution >= 0.6 is 0 Å². The van der Waals surface area contributed by atoms with Gasteiger partial charge in [-0.05, 0) is 31.2 Å². The maximum atomic E-state index is 5.36. The fourth-order valence-electron chi connectivity index (χ4n) is 2.84. The molecule has 2 aromatic carbocycles. The minimum Gasteiger partial charge on any atom is -0.493 e. The fraction of sp³-hybridized carbons (Fsp3) is 0.167. The lowest BCUT2D eigenvalue weighted by atomic mass is 10.2. The van der Waals surface area contributed by atoms with Gasteiger partial charge in [-0.2, -0.15) is 0 Å². The molecule has 0 aliphatic rings. The van der Waals surface area contributed by atoms with Gasteiger partial charge in [-0.1, -0.05) is 12.1 Å². The Morgan fingerprint density at radius 1 is 0.960 bits per heavy atom. The first-order valence-corrected chi connectivity index (χ1v) is 7.81. The third-order valence-electron chi connectivity index (χ3n) is 4.05. The molecule has 126 valence electrons. The van der Waals surface area contributed by atoms with Gasteiger partial charge in [0.2, 0.25) is 5.95 Å². The topological polar surface area (TPSA) is 73.6 Å². The van der Waals surface area contributed by atoms with E-state index in [1.54, 1.807) is 14.2 Å². The summed E-state index contributed by atoms with van der Waals surface area (Å²) in [6.45, 7) is 1.90. The smallest absolute Gasteiger partial charge is 0.215 e. The zero-order chi connectivity index (χ0) is 17.4. The van der Waals surface area contributed by atoms with Crippen LogP contribution in [0.5, 0.6) is 11.5 Å². The molecule has 0 unspecified atom stereocenters. The number of methoxy groups -OCH3 is 2. The predicted molar refractivity (Wildman–Crippen MR) is 95.9 cm³/mol. The van der Waals surface area contributed by atoms with Crippen LogP contribution in [0.2, 0.25) is 0 Å². The van der Waals surface area contributed by atoms with Crippen molar-refractivity contribution in [2.45, 2.75) is 6.92 Å². The van der Waals surface area contributed by atoms with Crippen molar-refractivity contribution in [2.75, 3.05) is 19.5 Å². The minimum absolute atomic E-state index is 0.642. The van der Waals surface area contributed by atoms with Crippen LogP contribution in [0.4, 0.5) is 11.6 Å². The van der Waals surface area contributed by atoms with Gasteiger partial charge in [-0.3, -0.25) is 0 Å². The lowest BCUT2D eigenvalue weighted by molar-refractivity contribution is 0.355. The molecule has 1 N–H and O–H groups in total. The van der Waals surface area contributed by atoms with Crippen LogP contribution in [-0.2, 0) is 0 Å².